The smallest absolute Gasteiger partial charge is 0.238 e. The Bertz CT molecular complexity index is 1490. The number of para-hydroxylation sites is 1. The SMILES string of the molecule is COc1cc([C@H]2C3=CC[C@@H]4C(=O)N(c5ccccc5)C(=O)[C@@H]4[C@@H]3CC3=C2C(=O)C=C(Br)C3=O)ccc1O. The Morgan fingerprint density at radius 1 is 1.00 bits per heavy atom. The van der Waals surface area contributed by atoms with Crippen molar-refractivity contribution in [1.82, 2.24) is 0 Å². The Morgan fingerprint density at radius 2 is 1.76 bits per heavy atom. The summed E-state index contributed by atoms with van der Waals surface area (Å²) in [6.45, 7) is 0. The molecule has 0 bridgehead atoms. The molecular formula is C29H22BrNO6. The van der Waals surface area contributed by atoms with E-state index in [1.54, 1.807) is 36.4 Å². The van der Waals surface area contributed by atoms with Gasteiger partial charge in [-0.05, 0) is 64.5 Å². The Balaban J connectivity index is 1.50. The average Bonchev–Trinajstić information content (AvgIpc) is 3.16. The zero-order chi connectivity index (χ0) is 26.0. The zero-order valence-corrected chi connectivity index (χ0v) is 21.4. The van der Waals surface area contributed by atoms with E-state index in [-0.39, 0.29) is 45.8 Å². The summed E-state index contributed by atoms with van der Waals surface area (Å²) in [4.78, 5) is 55.1. The van der Waals surface area contributed by atoms with Gasteiger partial charge in [-0.25, -0.2) is 0 Å². The number of Topliss-reactive ketones (excluding diaryl/α,β-unsaturated/α-hetero) is 1. The number of halogens is 1. The van der Waals surface area contributed by atoms with Crippen molar-refractivity contribution in [2.24, 2.45) is 17.8 Å². The highest BCUT2D eigenvalue weighted by atomic mass is 79.9. The molecule has 8 heteroatoms. The number of carbonyl (C=O) groups excluding carboxylic acids is 4. The van der Waals surface area contributed by atoms with Crippen LogP contribution in [0.2, 0.25) is 0 Å². The summed E-state index contributed by atoms with van der Waals surface area (Å²) in [6.07, 6.45) is 3.81. The molecule has 0 saturated carbocycles. The van der Waals surface area contributed by atoms with Crippen LogP contribution in [0.25, 0.3) is 0 Å². The van der Waals surface area contributed by atoms with Gasteiger partial charge in [0.05, 0.1) is 29.1 Å². The lowest BCUT2D eigenvalue weighted by Crippen LogP contribution is -2.39. The number of phenols is 1. The van der Waals surface area contributed by atoms with Gasteiger partial charge in [0.15, 0.2) is 23.1 Å². The summed E-state index contributed by atoms with van der Waals surface area (Å²) >= 11 is 3.23. The second kappa shape index (κ2) is 8.66. The molecule has 0 unspecified atom stereocenters. The molecule has 7 nitrogen and oxygen atoms in total. The number of ketones is 2. The van der Waals surface area contributed by atoms with E-state index >= 15 is 0 Å². The summed E-state index contributed by atoms with van der Waals surface area (Å²) < 4.78 is 5.49. The number of nitrogens with zero attached hydrogens (tertiary/aromatic N) is 1. The van der Waals surface area contributed by atoms with Crippen molar-refractivity contribution in [3.8, 4) is 11.5 Å². The number of anilines is 1. The quantitative estimate of drug-likeness (QED) is 0.340. The summed E-state index contributed by atoms with van der Waals surface area (Å²) in [5.74, 6) is -3.11. The average molecular weight is 560 g/mol. The normalized spacial score (nSPS) is 26.9. The molecule has 0 aromatic heterocycles. The van der Waals surface area contributed by atoms with E-state index in [4.69, 9.17) is 4.74 Å². The number of hydrogen-bond acceptors (Lipinski definition) is 6. The maximum absolute atomic E-state index is 13.8. The molecule has 1 aliphatic heterocycles. The minimum atomic E-state index is -0.643. The zero-order valence-electron chi connectivity index (χ0n) is 19.8. The van der Waals surface area contributed by atoms with E-state index in [0.29, 0.717) is 28.8 Å². The van der Waals surface area contributed by atoms with Crippen LogP contribution in [-0.4, -0.2) is 35.6 Å². The van der Waals surface area contributed by atoms with Gasteiger partial charge in [-0.15, -0.1) is 0 Å². The van der Waals surface area contributed by atoms with Crippen LogP contribution < -0.4 is 9.64 Å². The number of imide groups is 1. The van der Waals surface area contributed by atoms with Crippen LogP contribution in [0.3, 0.4) is 0 Å². The second-order valence-corrected chi connectivity index (χ2v) is 10.5. The van der Waals surface area contributed by atoms with Crippen LogP contribution in [0, 0.1) is 17.8 Å². The van der Waals surface area contributed by atoms with Crippen molar-refractivity contribution >= 4 is 45.0 Å². The maximum atomic E-state index is 13.8. The molecule has 1 fully saturated rings. The van der Waals surface area contributed by atoms with Gasteiger partial charge < -0.3 is 9.84 Å². The van der Waals surface area contributed by atoms with Crippen LogP contribution >= 0.6 is 15.9 Å². The van der Waals surface area contributed by atoms with Gasteiger partial charge in [-0.3, -0.25) is 24.1 Å². The predicted molar refractivity (Wildman–Crippen MR) is 138 cm³/mol. The fourth-order valence-corrected chi connectivity index (χ4v) is 6.74. The summed E-state index contributed by atoms with van der Waals surface area (Å²) in [5.41, 5.74) is 2.77. The highest BCUT2D eigenvalue weighted by Crippen LogP contribution is 2.56. The molecule has 0 radical (unpaired) electrons. The van der Waals surface area contributed by atoms with Crippen molar-refractivity contribution in [1.29, 1.82) is 0 Å². The number of amides is 2. The van der Waals surface area contributed by atoms with Gasteiger partial charge in [0, 0.05) is 23.1 Å². The minimum Gasteiger partial charge on any atom is -0.504 e. The summed E-state index contributed by atoms with van der Waals surface area (Å²) in [6, 6.07) is 13.7. The maximum Gasteiger partial charge on any atom is 0.238 e. The third-order valence-corrected chi connectivity index (χ3v) is 8.47. The lowest BCUT2D eigenvalue weighted by molar-refractivity contribution is -0.123. The first-order valence-corrected chi connectivity index (χ1v) is 12.8. The predicted octanol–water partition coefficient (Wildman–Crippen LogP) is 4.37. The van der Waals surface area contributed by atoms with Gasteiger partial charge in [0.25, 0.3) is 0 Å². The van der Waals surface area contributed by atoms with Crippen LogP contribution in [0.4, 0.5) is 5.69 Å². The van der Waals surface area contributed by atoms with Crippen molar-refractivity contribution in [3.05, 3.63) is 87.4 Å². The van der Waals surface area contributed by atoms with E-state index in [9.17, 15) is 24.3 Å². The molecule has 6 rings (SSSR count). The second-order valence-electron chi connectivity index (χ2n) is 9.67. The molecule has 186 valence electrons. The molecule has 1 saturated heterocycles. The van der Waals surface area contributed by atoms with Crippen LogP contribution in [0.15, 0.2) is 81.9 Å². The third kappa shape index (κ3) is 3.46. The number of aromatic hydroxyl groups is 1. The lowest BCUT2D eigenvalue weighted by atomic mass is 9.59. The van der Waals surface area contributed by atoms with E-state index in [2.05, 4.69) is 15.9 Å². The van der Waals surface area contributed by atoms with Crippen LogP contribution in [0.1, 0.15) is 24.3 Å². The number of hydrogen-bond donors (Lipinski definition) is 1. The molecule has 1 N–H and O–H groups in total. The molecule has 2 aromatic carbocycles. The topological polar surface area (TPSA) is 101 Å². The number of ether oxygens (including phenoxy) is 1. The first kappa shape index (κ1) is 23.6. The molecule has 37 heavy (non-hydrogen) atoms. The molecular weight excluding hydrogens is 538 g/mol. The number of carbonyl (C=O) groups is 4. The van der Waals surface area contributed by atoms with Crippen molar-refractivity contribution in [2.45, 2.75) is 18.8 Å². The van der Waals surface area contributed by atoms with Gasteiger partial charge in [-0.2, -0.15) is 0 Å². The van der Waals surface area contributed by atoms with Gasteiger partial charge in [0.1, 0.15) is 0 Å². The van der Waals surface area contributed by atoms with E-state index < -0.39 is 23.7 Å². The fourth-order valence-electron chi connectivity index (χ4n) is 6.29. The largest absolute Gasteiger partial charge is 0.504 e. The molecule has 2 aromatic rings. The number of fused-ring (bicyclic) bond motifs is 3. The first-order chi connectivity index (χ1) is 17.8. The summed E-state index contributed by atoms with van der Waals surface area (Å²) in [7, 11) is 1.44. The molecule has 1 heterocycles. The monoisotopic (exact) mass is 559 g/mol. The van der Waals surface area contributed by atoms with Crippen molar-refractivity contribution < 1.29 is 29.0 Å². The van der Waals surface area contributed by atoms with Crippen molar-refractivity contribution in [3.63, 3.8) is 0 Å². The molecule has 3 aliphatic carbocycles. The number of methoxy groups -OCH3 is 1. The van der Waals surface area contributed by atoms with Crippen LogP contribution in [0.5, 0.6) is 11.5 Å². The highest BCUT2D eigenvalue weighted by molar-refractivity contribution is 9.12. The van der Waals surface area contributed by atoms with Crippen molar-refractivity contribution in [2.75, 3.05) is 12.0 Å². The number of rotatable bonds is 3. The minimum absolute atomic E-state index is 0.0470. The lowest BCUT2D eigenvalue weighted by Gasteiger charge is -2.42. The Kier molecular flexibility index (Phi) is 5.53. The Morgan fingerprint density at radius 3 is 2.49 bits per heavy atom. The number of allylic oxidation sites excluding steroid dienone is 6. The molecule has 4 atom stereocenters. The molecule has 2 amide bonds. The van der Waals surface area contributed by atoms with E-state index in [0.717, 1.165) is 5.57 Å². The standard InChI is InChI=1S/C29H22BrNO6/c1-37-23-11-14(7-10-21(23)32)24-16-8-9-17-25(29(36)31(28(17)35)15-5-3-2-4-6-15)18(16)12-19-26(24)22(33)13-20(30)27(19)34/h2-8,10-11,13,17-18,24-25,32H,9,12H2,1H3/t17-,18+,24-,25-/m0/s1. The molecule has 4 aliphatic rings. The Labute approximate surface area is 221 Å². The van der Waals surface area contributed by atoms with E-state index in [1.165, 1.54) is 24.2 Å². The Hall–Kier alpha value is -3.78. The first-order valence-electron chi connectivity index (χ1n) is 12.0. The van der Waals surface area contributed by atoms with Gasteiger partial charge in [0.2, 0.25) is 11.8 Å². The number of phenolic OH excluding ortho intramolecular Hbond substituents is 1. The van der Waals surface area contributed by atoms with Gasteiger partial charge in [-0.1, -0.05) is 35.9 Å². The fraction of sp³-hybridized carbons (Fsp3) is 0.241. The number of benzene rings is 2. The third-order valence-electron chi connectivity index (χ3n) is 7.88. The molecule has 0 spiro atoms. The van der Waals surface area contributed by atoms with Crippen LogP contribution in [-0.2, 0) is 19.2 Å². The van der Waals surface area contributed by atoms with Gasteiger partial charge >= 0.3 is 0 Å². The summed E-state index contributed by atoms with van der Waals surface area (Å²) in [5, 5.41) is 10.2. The van der Waals surface area contributed by atoms with E-state index in [1.807, 2.05) is 12.1 Å². The highest BCUT2D eigenvalue weighted by Gasteiger charge is 2.56.